The third-order valence-electron chi connectivity index (χ3n) is 2.15. The van der Waals surface area contributed by atoms with Crippen molar-refractivity contribution in [2.45, 2.75) is 6.18 Å². The fraction of sp³-hybridized carbons (Fsp3) is 0.222. The molecule has 2 rings (SSSR count). The largest absolute Gasteiger partial charge is 0.476 e. The molecule has 18 heavy (non-hydrogen) atoms. The monoisotopic (exact) mass is 261 g/mol. The van der Waals surface area contributed by atoms with Crippen LogP contribution in [0.15, 0.2) is 16.7 Å². The number of carbonyl (C=O) groups is 1. The summed E-state index contributed by atoms with van der Waals surface area (Å²) in [7, 11) is 1.29. The first kappa shape index (κ1) is 12.1. The number of halogens is 3. The van der Waals surface area contributed by atoms with Gasteiger partial charge in [0.05, 0.1) is 0 Å². The normalized spacial score (nSPS) is 11.8. The van der Waals surface area contributed by atoms with Crippen molar-refractivity contribution in [3.8, 4) is 11.5 Å². The van der Waals surface area contributed by atoms with Crippen molar-refractivity contribution < 1.29 is 27.6 Å². The van der Waals surface area contributed by atoms with Crippen LogP contribution in [0.2, 0.25) is 0 Å². The Balaban J connectivity index is 2.44. The number of rotatable bonds is 2. The number of carboxylic acids is 1. The highest BCUT2D eigenvalue weighted by atomic mass is 19.4. The molecule has 2 aromatic heterocycles. The Labute approximate surface area is 97.6 Å². The summed E-state index contributed by atoms with van der Waals surface area (Å²) in [6, 6.07) is 1.78. The maximum absolute atomic E-state index is 12.4. The van der Waals surface area contributed by atoms with Crippen LogP contribution in [-0.2, 0) is 13.2 Å². The Morgan fingerprint density at radius 3 is 2.56 bits per heavy atom. The highest BCUT2D eigenvalue weighted by Gasteiger charge is 2.35. The molecule has 96 valence electrons. The van der Waals surface area contributed by atoms with Crippen LogP contribution in [-0.4, -0.2) is 26.0 Å². The van der Waals surface area contributed by atoms with Gasteiger partial charge in [-0.15, -0.1) is 0 Å². The lowest BCUT2D eigenvalue weighted by Gasteiger charge is -1.98. The highest BCUT2D eigenvalue weighted by molar-refractivity contribution is 5.86. The minimum absolute atomic E-state index is 0.0117. The summed E-state index contributed by atoms with van der Waals surface area (Å²) < 4.78 is 42.8. The molecule has 0 amide bonds. The summed E-state index contributed by atoms with van der Waals surface area (Å²) >= 11 is 0. The number of aromatic nitrogens is 3. The van der Waals surface area contributed by atoms with E-state index >= 15 is 0 Å². The van der Waals surface area contributed by atoms with E-state index < -0.39 is 17.8 Å². The van der Waals surface area contributed by atoms with E-state index in [4.69, 9.17) is 5.11 Å². The number of aromatic carboxylic acids is 1. The predicted molar refractivity (Wildman–Crippen MR) is 50.7 cm³/mol. The number of carboxylic acid groups (broad SMARTS) is 1. The molecule has 2 aromatic rings. The molecule has 0 atom stereocenters. The Morgan fingerprint density at radius 2 is 2.11 bits per heavy atom. The predicted octanol–water partition coefficient (Wildman–Crippen LogP) is 1.79. The van der Waals surface area contributed by atoms with Gasteiger partial charge in [-0.25, -0.2) is 4.79 Å². The second kappa shape index (κ2) is 3.86. The summed E-state index contributed by atoms with van der Waals surface area (Å²) in [5.74, 6) is -1.43. The van der Waals surface area contributed by atoms with Crippen LogP contribution in [0.25, 0.3) is 11.5 Å². The zero-order chi connectivity index (χ0) is 13.5. The number of hydrogen-bond acceptors (Lipinski definition) is 4. The molecule has 2 heterocycles. The van der Waals surface area contributed by atoms with Gasteiger partial charge in [-0.05, 0) is 6.07 Å². The second-order valence-electron chi connectivity index (χ2n) is 3.42. The lowest BCUT2D eigenvalue weighted by atomic mass is 10.2. The molecule has 0 saturated carbocycles. The van der Waals surface area contributed by atoms with Crippen molar-refractivity contribution in [2.24, 2.45) is 7.05 Å². The molecule has 9 heteroatoms. The highest BCUT2D eigenvalue weighted by Crippen LogP contribution is 2.31. The molecule has 0 fully saturated rings. The van der Waals surface area contributed by atoms with Crippen LogP contribution in [0.1, 0.15) is 16.2 Å². The van der Waals surface area contributed by atoms with E-state index in [1.54, 1.807) is 0 Å². The SMILES string of the molecule is Cn1nc(C(F)(F)F)cc1-c1cc(C(=O)O)no1. The third kappa shape index (κ3) is 2.06. The number of hydrogen-bond donors (Lipinski definition) is 1. The zero-order valence-electron chi connectivity index (χ0n) is 8.89. The van der Waals surface area contributed by atoms with Gasteiger partial charge < -0.3 is 9.63 Å². The van der Waals surface area contributed by atoms with Gasteiger partial charge in [-0.3, -0.25) is 4.68 Å². The molecule has 0 aliphatic carbocycles. The summed E-state index contributed by atoms with van der Waals surface area (Å²) in [5.41, 5.74) is -1.49. The molecule has 0 aliphatic heterocycles. The van der Waals surface area contributed by atoms with Gasteiger partial charge in [0.1, 0.15) is 5.69 Å². The van der Waals surface area contributed by atoms with E-state index in [0.717, 1.165) is 16.8 Å². The van der Waals surface area contributed by atoms with Crippen LogP contribution in [0.3, 0.4) is 0 Å². The van der Waals surface area contributed by atoms with Crippen molar-refractivity contribution >= 4 is 5.97 Å². The maximum atomic E-state index is 12.4. The molecular weight excluding hydrogens is 255 g/mol. The van der Waals surface area contributed by atoms with Crippen molar-refractivity contribution in [1.29, 1.82) is 0 Å². The van der Waals surface area contributed by atoms with Crippen LogP contribution in [0.4, 0.5) is 13.2 Å². The molecule has 0 saturated heterocycles. The van der Waals surface area contributed by atoms with Crippen LogP contribution >= 0.6 is 0 Å². The number of nitrogens with zero attached hydrogens (tertiary/aromatic N) is 3. The van der Waals surface area contributed by atoms with Crippen LogP contribution in [0, 0.1) is 0 Å². The smallest absolute Gasteiger partial charge is 0.435 e. The minimum atomic E-state index is -4.58. The second-order valence-corrected chi connectivity index (χ2v) is 3.42. The molecule has 0 unspecified atom stereocenters. The summed E-state index contributed by atoms with van der Waals surface area (Å²) in [4.78, 5) is 10.6. The van der Waals surface area contributed by atoms with Gasteiger partial charge in [0, 0.05) is 13.1 Å². The molecular formula is C9H6F3N3O3. The quantitative estimate of drug-likeness (QED) is 0.891. The van der Waals surface area contributed by atoms with E-state index in [1.165, 1.54) is 7.05 Å². The number of alkyl halides is 3. The summed E-state index contributed by atoms with van der Waals surface area (Å²) in [6.07, 6.45) is -4.58. The molecule has 0 aliphatic rings. The first-order valence-electron chi connectivity index (χ1n) is 4.60. The molecule has 6 nitrogen and oxygen atoms in total. The molecule has 0 radical (unpaired) electrons. The van der Waals surface area contributed by atoms with Crippen LogP contribution < -0.4 is 0 Å². The van der Waals surface area contributed by atoms with Crippen molar-refractivity contribution in [1.82, 2.24) is 14.9 Å². The van der Waals surface area contributed by atoms with Gasteiger partial charge in [0.15, 0.2) is 17.1 Å². The van der Waals surface area contributed by atoms with Crippen molar-refractivity contribution in [3.05, 3.63) is 23.5 Å². The lowest BCUT2D eigenvalue weighted by molar-refractivity contribution is -0.141. The van der Waals surface area contributed by atoms with Gasteiger partial charge in [0.2, 0.25) is 0 Å². The maximum Gasteiger partial charge on any atom is 0.435 e. The Bertz CT molecular complexity index is 600. The van der Waals surface area contributed by atoms with Gasteiger partial charge in [-0.1, -0.05) is 5.16 Å². The molecule has 0 aromatic carbocycles. The fourth-order valence-corrected chi connectivity index (χ4v) is 1.33. The minimum Gasteiger partial charge on any atom is -0.476 e. The third-order valence-corrected chi connectivity index (χ3v) is 2.15. The van der Waals surface area contributed by atoms with Gasteiger partial charge in [0.25, 0.3) is 0 Å². The Morgan fingerprint density at radius 1 is 1.44 bits per heavy atom. The van der Waals surface area contributed by atoms with Crippen molar-refractivity contribution in [3.63, 3.8) is 0 Å². The van der Waals surface area contributed by atoms with Crippen molar-refractivity contribution in [2.75, 3.05) is 0 Å². The first-order chi connectivity index (χ1) is 8.29. The molecule has 0 spiro atoms. The Kier molecular flexibility index (Phi) is 2.60. The Hall–Kier alpha value is -2.32. The first-order valence-corrected chi connectivity index (χ1v) is 4.60. The standard InChI is InChI=1S/C9H6F3N3O3/c1-15-5(3-7(13-15)9(10,11)12)6-2-4(8(16)17)14-18-6/h2-3H,1H3,(H,16,17). The van der Waals surface area contributed by atoms with E-state index in [0.29, 0.717) is 0 Å². The average molecular weight is 261 g/mol. The van der Waals surface area contributed by atoms with E-state index in [2.05, 4.69) is 14.8 Å². The topological polar surface area (TPSA) is 81.2 Å². The zero-order valence-corrected chi connectivity index (χ0v) is 8.89. The number of aryl methyl sites for hydroxylation is 1. The van der Waals surface area contributed by atoms with Gasteiger partial charge >= 0.3 is 12.1 Å². The van der Waals surface area contributed by atoms with Crippen LogP contribution in [0.5, 0.6) is 0 Å². The van der Waals surface area contributed by atoms with Gasteiger partial charge in [-0.2, -0.15) is 18.3 Å². The summed E-state index contributed by atoms with van der Waals surface area (Å²) in [5, 5.41) is 15.1. The van der Waals surface area contributed by atoms with E-state index in [-0.39, 0.29) is 17.1 Å². The summed E-state index contributed by atoms with van der Waals surface area (Å²) in [6.45, 7) is 0. The fourth-order valence-electron chi connectivity index (χ4n) is 1.33. The van der Waals surface area contributed by atoms with E-state index in [1.807, 2.05) is 0 Å². The molecule has 0 bridgehead atoms. The molecule has 1 N–H and O–H groups in total. The average Bonchev–Trinajstić information content (AvgIpc) is 2.81. The van der Waals surface area contributed by atoms with E-state index in [9.17, 15) is 18.0 Å². The lowest BCUT2D eigenvalue weighted by Crippen LogP contribution is -2.06.